The number of hydrogen-bond acceptors (Lipinski definition) is 1. The lowest BCUT2D eigenvalue weighted by molar-refractivity contribution is 0.184. The van der Waals surface area contributed by atoms with Crippen LogP contribution < -0.4 is 5.73 Å². The van der Waals surface area contributed by atoms with Crippen molar-refractivity contribution in [1.82, 2.24) is 0 Å². The fourth-order valence-electron chi connectivity index (χ4n) is 2.31. The van der Waals surface area contributed by atoms with Gasteiger partial charge in [-0.1, -0.05) is 38.9 Å². The second-order valence-electron chi connectivity index (χ2n) is 4.80. The molecule has 1 rings (SSSR count). The molecule has 12 heavy (non-hydrogen) atoms. The highest BCUT2D eigenvalue weighted by molar-refractivity contribution is 7.80. The highest BCUT2D eigenvalue weighted by Crippen LogP contribution is 2.39. The lowest BCUT2D eigenvalue weighted by atomic mass is 9.71. The van der Waals surface area contributed by atoms with Crippen LogP contribution in [0.2, 0.25) is 0 Å². The van der Waals surface area contributed by atoms with Gasteiger partial charge in [-0.25, -0.2) is 0 Å². The molecule has 0 radical (unpaired) electrons. The van der Waals surface area contributed by atoms with Gasteiger partial charge in [0.15, 0.2) is 0 Å². The standard InChI is InChI=1S/C10H19NS/c1-10(2)5-3-4-8(7-10)6-9(11)12/h8H,3-7H2,1-2H3,(H2,11,12). The molecule has 0 spiro atoms. The van der Waals surface area contributed by atoms with Crippen molar-refractivity contribution in [3.05, 3.63) is 0 Å². The molecule has 0 saturated heterocycles. The largest absolute Gasteiger partial charge is 0.393 e. The molecule has 0 aromatic carbocycles. The summed E-state index contributed by atoms with van der Waals surface area (Å²) in [5.41, 5.74) is 6.06. The van der Waals surface area contributed by atoms with Gasteiger partial charge in [-0.3, -0.25) is 0 Å². The second kappa shape index (κ2) is 3.73. The van der Waals surface area contributed by atoms with Gasteiger partial charge in [0.2, 0.25) is 0 Å². The monoisotopic (exact) mass is 185 g/mol. The Labute approximate surface area is 80.7 Å². The van der Waals surface area contributed by atoms with Crippen LogP contribution in [0.4, 0.5) is 0 Å². The van der Waals surface area contributed by atoms with Crippen molar-refractivity contribution < 1.29 is 0 Å². The highest BCUT2D eigenvalue weighted by atomic mass is 32.1. The van der Waals surface area contributed by atoms with E-state index in [1.165, 1.54) is 25.7 Å². The molecule has 0 bridgehead atoms. The van der Waals surface area contributed by atoms with E-state index < -0.39 is 0 Å². The average Bonchev–Trinajstić information content (AvgIpc) is 1.82. The second-order valence-corrected chi connectivity index (χ2v) is 5.32. The van der Waals surface area contributed by atoms with Crippen molar-refractivity contribution in [3.63, 3.8) is 0 Å². The van der Waals surface area contributed by atoms with Crippen LogP contribution in [-0.4, -0.2) is 4.99 Å². The summed E-state index contributed by atoms with van der Waals surface area (Å²) in [7, 11) is 0. The fraction of sp³-hybridized carbons (Fsp3) is 0.900. The first-order valence-electron chi connectivity index (χ1n) is 4.78. The van der Waals surface area contributed by atoms with Crippen LogP contribution >= 0.6 is 12.2 Å². The first-order chi connectivity index (χ1) is 5.49. The van der Waals surface area contributed by atoms with Crippen LogP contribution in [-0.2, 0) is 0 Å². The van der Waals surface area contributed by atoms with E-state index in [1.807, 2.05) is 0 Å². The SMILES string of the molecule is CC1(C)CCCC(CC(N)=S)C1. The fourth-order valence-corrected chi connectivity index (χ4v) is 2.55. The Morgan fingerprint density at radius 2 is 2.25 bits per heavy atom. The Hall–Kier alpha value is -0.110. The molecule has 1 aliphatic carbocycles. The molecule has 1 aliphatic rings. The van der Waals surface area contributed by atoms with Crippen molar-refractivity contribution in [2.45, 2.75) is 46.0 Å². The Kier molecular flexibility index (Phi) is 3.10. The Bertz CT molecular complexity index is 175. The molecule has 2 heteroatoms. The van der Waals surface area contributed by atoms with Crippen LogP contribution in [0.5, 0.6) is 0 Å². The third-order valence-corrected chi connectivity index (χ3v) is 2.96. The molecule has 0 aliphatic heterocycles. The molecule has 0 amide bonds. The molecule has 70 valence electrons. The molecule has 1 atom stereocenters. The van der Waals surface area contributed by atoms with Crippen LogP contribution in [0.3, 0.4) is 0 Å². The maximum absolute atomic E-state index is 5.54. The van der Waals surface area contributed by atoms with Crippen LogP contribution in [0.15, 0.2) is 0 Å². The van der Waals surface area contributed by atoms with Crippen LogP contribution in [0.25, 0.3) is 0 Å². The van der Waals surface area contributed by atoms with Crippen LogP contribution in [0.1, 0.15) is 46.0 Å². The maximum Gasteiger partial charge on any atom is 0.0730 e. The van der Waals surface area contributed by atoms with Crippen molar-refractivity contribution in [2.24, 2.45) is 17.1 Å². The summed E-state index contributed by atoms with van der Waals surface area (Å²) in [5, 5.41) is 0. The molecule has 0 heterocycles. The maximum atomic E-state index is 5.54. The van der Waals surface area contributed by atoms with E-state index in [2.05, 4.69) is 13.8 Å². The molecule has 1 saturated carbocycles. The summed E-state index contributed by atoms with van der Waals surface area (Å²) in [6.07, 6.45) is 6.28. The molecule has 2 N–H and O–H groups in total. The summed E-state index contributed by atoms with van der Waals surface area (Å²) in [6.45, 7) is 4.69. The third kappa shape index (κ3) is 3.10. The smallest absolute Gasteiger partial charge is 0.0730 e. The molecule has 0 aromatic heterocycles. The molecular formula is C10H19NS. The van der Waals surface area contributed by atoms with E-state index in [1.54, 1.807) is 0 Å². The average molecular weight is 185 g/mol. The zero-order valence-electron chi connectivity index (χ0n) is 8.10. The van der Waals surface area contributed by atoms with Gasteiger partial charge >= 0.3 is 0 Å². The summed E-state index contributed by atoms with van der Waals surface area (Å²) < 4.78 is 0. The third-order valence-electron chi connectivity index (χ3n) is 2.80. The number of rotatable bonds is 2. The Morgan fingerprint density at radius 1 is 1.58 bits per heavy atom. The summed E-state index contributed by atoms with van der Waals surface area (Å²) >= 11 is 4.93. The number of hydrogen-bond donors (Lipinski definition) is 1. The lowest BCUT2D eigenvalue weighted by Gasteiger charge is -2.35. The van der Waals surface area contributed by atoms with Gasteiger partial charge < -0.3 is 5.73 Å². The van der Waals surface area contributed by atoms with Gasteiger partial charge in [0.05, 0.1) is 4.99 Å². The first kappa shape index (κ1) is 9.97. The van der Waals surface area contributed by atoms with E-state index in [0.717, 1.165) is 12.3 Å². The van der Waals surface area contributed by atoms with E-state index in [-0.39, 0.29) is 0 Å². The van der Waals surface area contributed by atoms with Crippen molar-refractivity contribution in [1.29, 1.82) is 0 Å². The van der Waals surface area contributed by atoms with Gasteiger partial charge in [0.1, 0.15) is 0 Å². The molecular weight excluding hydrogens is 166 g/mol. The van der Waals surface area contributed by atoms with Gasteiger partial charge in [-0.15, -0.1) is 0 Å². The predicted molar refractivity (Wildman–Crippen MR) is 57.1 cm³/mol. The normalized spacial score (nSPS) is 28.3. The van der Waals surface area contributed by atoms with E-state index >= 15 is 0 Å². The van der Waals surface area contributed by atoms with E-state index in [9.17, 15) is 0 Å². The van der Waals surface area contributed by atoms with Crippen molar-refractivity contribution in [3.8, 4) is 0 Å². The first-order valence-corrected chi connectivity index (χ1v) is 5.19. The number of thiocarbonyl (C=S) groups is 1. The topological polar surface area (TPSA) is 26.0 Å². The minimum absolute atomic E-state index is 0.522. The molecule has 0 aromatic rings. The molecule has 1 fully saturated rings. The van der Waals surface area contributed by atoms with Crippen LogP contribution in [0, 0.1) is 11.3 Å². The zero-order chi connectivity index (χ0) is 9.19. The summed E-state index contributed by atoms with van der Waals surface area (Å²) in [6, 6.07) is 0. The minimum Gasteiger partial charge on any atom is -0.393 e. The van der Waals surface area contributed by atoms with Crippen molar-refractivity contribution in [2.75, 3.05) is 0 Å². The Morgan fingerprint density at radius 3 is 2.75 bits per heavy atom. The Balaban J connectivity index is 2.41. The van der Waals surface area contributed by atoms with Gasteiger partial charge in [-0.05, 0) is 24.2 Å². The summed E-state index contributed by atoms with van der Waals surface area (Å²) in [5.74, 6) is 0.756. The predicted octanol–water partition coefficient (Wildman–Crippen LogP) is 2.88. The van der Waals surface area contributed by atoms with E-state index in [0.29, 0.717) is 10.4 Å². The lowest BCUT2D eigenvalue weighted by Crippen LogP contribution is -2.25. The van der Waals surface area contributed by atoms with E-state index in [4.69, 9.17) is 18.0 Å². The highest BCUT2D eigenvalue weighted by Gasteiger charge is 2.27. The van der Waals surface area contributed by atoms with Gasteiger partial charge in [-0.2, -0.15) is 0 Å². The molecule has 1 unspecified atom stereocenters. The van der Waals surface area contributed by atoms with Crippen molar-refractivity contribution >= 4 is 17.2 Å². The minimum atomic E-state index is 0.522. The molecule has 1 nitrogen and oxygen atoms in total. The number of nitrogens with two attached hydrogens (primary N) is 1. The zero-order valence-corrected chi connectivity index (χ0v) is 8.91. The van der Waals surface area contributed by atoms with Gasteiger partial charge in [0.25, 0.3) is 0 Å². The van der Waals surface area contributed by atoms with Gasteiger partial charge in [0, 0.05) is 6.42 Å². The summed E-state index contributed by atoms with van der Waals surface area (Å²) in [4.78, 5) is 0.692. The quantitative estimate of drug-likeness (QED) is 0.669.